The number of benzene rings is 2. The minimum atomic E-state index is -1.45. The Morgan fingerprint density at radius 3 is 2.43 bits per heavy atom. The number of esters is 1. The third kappa shape index (κ3) is 7.11. The molecule has 4 heterocycles. The minimum absolute atomic E-state index is 0.0670. The van der Waals surface area contributed by atoms with Crippen LogP contribution in [0.15, 0.2) is 85.0 Å². The molecule has 272 valence electrons. The molecule has 2 fully saturated rings. The maximum atomic E-state index is 15.1. The zero-order chi connectivity index (χ0) is 36.1. The fourth-order valence-corrected chi connectivity index (χ4v) is 8.32. The van der Waals surface area contributed by atoms with E-state index >= 15 is 4.79 Å². The molecule has 11 heteroatoms. The quantitative estimate of drug-likeness (QED) is 0.284. The fourth-order valence-electron chi connectivity index (χ4n) is 8.32. The summed E-state index contributed by atoms with van der Waals surface area (Å²) in [7, 11) is 1.51. The van der Waals surface area contributed by atoms with Crippen molar-refractivity contribution in [3.63, 3.8) is 0 Å². The molecule has 9 atom stereocenters. The van der Waals surface area contributed by atoms with Crippen molar-refractivity contribution in [1.29, 1.82) is 0 Å². The first-order valence-electron chi connectivity index (χ1n) is 18.1. The van der Waals surface area contributed by atoms with Crippen molar-refractivity contribution in [3.05, 3.63) is 96.1 Å². The summed E-state index contributed by atoms with van der Waals surface area (Å²) >= 11 is 0. The summed E-state index contributed by atoms with van der Waals surface area (Å²) in [5.41, 5.74) is 0.0977. The molecule has 2 saturated heterocycles. The number of nitrogens with zero attached hydrogens (tertiary/aromatic N) is 2. The molecule has 0 saturated carbocycles. The summed E-state index contributed by atoms with van der Waals surface area (Å²) in [5.74, 6) is -3.80. The van der Waals surface area contributed by atoms with Gasteiger partial charge in [-0.05, 0) is 37.3 Å². The number of carbonyl (C=O) groups excluding carboxylic acids is 4. The van der Waals surface area contributed by atoms with Gasteiger partial charge in [-0.1, -0.05) is 98.3 Å². The van der Waals surface area contributed by atoms with Gasteiger partial charge < -0.3 is 34.4 Å². The molecule has 5 bridgehead atoms. The first-order valence-corrected chi connectivity index (χ1v) is 18.1. The molecule has 2 aromatic rings. The number of hydrogen-bond donors (Lipinski definition) is 2. The van der Waals surface area contributed by atoms with Gasteiger partial charge in [0, 0.05) is 26.1 Å². The number of rotatable bonds is 10. The monoisotopic (exact) mass is 699 g/mol. The van der Waals surface area contributed by atoms with Gasteiger partial charge in [0.05, 0.1) is 37.3 Å². The van der Waals surface area contributed by atoms with Crippen LogP contribution in [0.4, 0.5) is 0 Å². The van der Waals surface area contributed by atoms with Crippen LogP contribution in [0.5, 0.6) is 0 Å². The highest BCUT2D eigenvalue weighted by atomic mass is 16.6. The lowest BCUT2D eigenvalue weighted by atomic mass is 9.74. The summed E-state index contributed by atoms with van der Waals surface area (Å²) in [6, 6.07) is 15.8. The van der Waals surface area contributed by atoms with Gasteiger partial charge in [-0.2, -0.15) is 0 Å². The highest BCUT2D eigenvalue weighted by Crippen LogP contribution is 2.56. The van der Waals surface area contributed by atoms with Crippen LogP contribution in [0.25, 0.3) is 0 Å². The lowest BCUT2D eigenvalue weighted by molar-refractivity contribution is -0.163. The third-order valence-electron chi connectivity index (χ3n) is 10.7. The van der Waals surface area contributed by atoms with Crippen molar-refractivity contribution >= 4 is 23.7 Å². The van der Waals surface area contributed by atoms with Crippen LogP contribution in [0.2, 0.25) is 0 Å². The number of carbonyl (C=O) groups is 4. The number of fused-ring (bicyclic) bond motifs is 2. The predicted molar refractivity (Wildman–Crippen MR) is 189 cm³/mol. The molecule has 4 aliphatic heterocycles. The lowest BCUT2D eigenvalue weighted by Gasteiger charge is -2.40. The molecule has 2 N–H and O–H groups in total. The van der Waals surface area contributed by atoms with Gasteiger partial charge in [0.2, 0.25) is 17.7 Å². The predicted octanol–water partition coefficient (Wildman–Crippen LogP) is 3.52. The van der Waals surface area contributed by atoms with E-state index in [1.165, 1.54) is 12.0 Å². The number of likely N-dealkylation sites (tertiary alicyclic amines) is 1. The molecular formula is C40H49N3O8. The number of allylic oxidation sites excluding steroid dienone is 1. The summed E-state index contributed by atoms with van der Waals surface area (Å²) in [6.07, 6.45) is 8.02. The summed E-state index contributed by atoms with van der Waals surface area (Å²) in [6.45, 7) is 3.96. The summed E-state index contributed by atoms with van der Waals surface area (Å²) < 4.78 is 18.5. The molecule has 51 heavy (non-hydrogen) atoms. The summed E-state index contributed by atoms with van der Waals surface area (Å²) in [4.78, 5) is 60.9. The molecule has 1 spiro atoms. The SMILES string of the molecule is CCCC(C)N1C/C=C\CCC(=O)N[C@@H](COC)[C@H](c2ccccc2)OC(=O)[C@@H]2[C@H]3C(=O)N([C@@H](CO)Cc4ccccc4)[C@H](C1=O)[C@]31C=C[C@H]2O1. The smallest absolute Gasteiger partial charge is 0.313 e. The van der Waals surface area contributed by atoms with Crippen molar-refractivity contribution in [2.24, 2.45) is 11.8 Å². The maximum absolute atomic E-state index is 15.1. The van der Waals surface area contributed by atoms with E-state index in [0.717, 1.165) is 18.4 Å². The minimum Gasteiger partial charge on any atom is -0.455 e. The lowest BCUT2D eigenvalue weighted by Crippen LogP contribution is -2.60. The molecule has 3 amide bonds. The van der Waals surface area contributed by atoms with Crippen molar-refractivity contribution in [2.75, 3.05) is 26.9 Å². The highest BCUT2D eigenvalue weighted by Gasteiger charge is 2.74. The van der Waals surface area contributed by atoms with Crippen LogP contribution >= 0.6 is 0 Å². The summed E-state index contributed by atoms with van der Waals surface area (Å²) in [5, 5.41) is 13.9. The number of aliphatic hydroxyl groups excluding tert-OH is 1. The van der Waals surface area contributed by atoms with Crippen LogP contribution in [-0.4, -0.2) is 101 Å². The number of methoxy groups -OCH3 is 1. The van der Waals surface area contributed by atoms with E-state index in [0.29, 0.717) is 18.4 Å². The average molecular weight is 700 g/mol. The topological polar surface area (TPSA) is 135 Å². The molecule has 0 radical (unpaired) electrons. The number of nitrogens with one attached hydrogen (secondary N) is 1. The van der Waals surface area contributed by atoms with Crippen LogP contribution in [-0.2, 0) is 39.8 Å². The Hall–Kier alpha value is -4.32. The Bertz CT molecular complexity index is 1620. The Kier molecular flexibility index (Phi) is 11.4. The van der Waals surface area contributed by atoms with E-state index in [9.17, 15) is 19.5 Å². The third-order valence-corrected chi connectivity index (χ3v) is 10.7. The van der Waals surface area contributed by atoms with E-state index in [4.69, 9.17) is 14.2 Å². The largest absolute Gasteiger partial charge is 0.455 e. The van der Waals surface area contributed by atoms with E-state index in [1.807, 2.05) is 79.7 Å². The zero-order valence-corrected chi connectivity index (χ0v) is 29.6. The Labute approximate surface area is 299 Å². The first kappa shape index (κ1) is 36.5. The molecule has 0 aromatic heterocycles. The van der Waals surface area contributed by atoms with Crippen LogP contribution in [0, 0.1) is 11.8 Å². The molecule has 11 nitrogen and oxygen atoms in total. The first-order chi connectivity index (χ1) is 24.7. The van der Waals surface area contributed by atoms with Gasteiger partial charge in [-0.15, -0.1) is 0 Å². The van der Waals surface area contributed by atoms with Crippen molar-refractivity contribution in [3.8, 4) is 0 Å². The van der Waals surface area contributed by atoms with Crippen LogP contribution in [0.1, 0.15) is 56.8 Å². The highest BCUT2D eigenvalue weighted by molar-refractivity contribution is 5.99. The Balaban J connectivity index is 1.46. The van der Waals surface area contributed by atoms with E-state index in [-0.39, 0.29) is 37.4 Å². The molecular weight excluding hydrogens is 650 g/mol. The van der Waals surface area contributed by atoms with Crippen molar-refractivity contribution < 1.29 is 38.5 Å². The standard InChI is InChI=1S/C40H49N3O8/c1-4-14-26(2)42-22-13-7-12-19-32(45)41-30(25-49-3)35(28-17-10-6-11-18-28)50-39(48)33-31-20-21-40(51-31)34(33)37(46)43(36(40)38(42)47)29(24-44)23-27-15-8-5-9-16-27/h5-11,13,15-18,20-21,26,29-31,33-36,44H,4,12,14,19,22-25H2,1-3H3,(H,41,45)/b13-7-/t26?,29-,30+,31-,33+,34+,35+,36-,40+/m1/s1. The van der Waals surface area contributed by atoms with Gasteiger partial charge in [-0.3, -0.25) is 19.2 Å². The maximum Gasteiger partial charge on any atom is 0.313 e. The van der Waals surface area contributed by atoms with E-state index in [2.05, 4.69) is 12.2 Å². The number of ether oxygens (including phenoxy) is 3. The molecule has 4 aliphatic rings. The molecule has 1 unspecified atom stereocenters. The zero-order valence-electron chi connectivity index (χ0n) is 29.6. The van der Waals surface area contributed by atoms with Gasteiger partial charge in [0.15, 0.2) is 0 Å². The Morgan fingerprint density at radius 1 is 1.02 bits per heavy atom. The number of hydrogen-bond acceptors (Lipinski definition) is 8. The number of aliphatic hydroxyl groups is 1. The Morgan fingerprint density at radius 2 is 1.75 bits per heavy atom. The van der Waals surface area contributed by atoms with Gasteiger partial charge in [0.1, 0.15) is 23.7 Å². The van der Waals surface area contributed by atoms with Crippen molar-refractivity contribution in [2.45, 2.75) is 87.9 Å². The molecule has 6 rings (SSSR count). The van der Waals surface area contributed by atoms with Gasteiger partial charge >= 0.3 is 5.97 Å². The van der Waals surface area contributed by atoms with Crippen LogP contribution in [0.3, 0.4) is 0 Å². The van der Waals surface area contributed by atoms with Crippen LogP contribution < -0.4 is 5.32 Å². The molecule has 0 aliphatic carbocycles. The molecule has 2 aromatic carbocycles. The van der Waals surface area contributed by atoms with Crippen molar-refractivity contribution in [1.82, 2.24) is 15.1 Å². The average Bonchev–Trinajstić information content (AvgIpc) is 3.78. The number of cyclic esters (lactones) is 1. The second kappa shape index (κ2) is 15.9. The second-order valence-corrected chi connectivity index (χ2v) is 14.0. The van der Waals surface area contributed by atoms with Gasteiger partial charge in [-0.25, -0.2) is 0 Å². The fraction of sp³-hybridized carbons (Fsp3) is 0.500. The van der Waals surface area contributed by atoms with E-state index < -0.39 is 66.3 Å². The normalized spacial score (nSPS) is 31.3. The van der Waals surface area contributed by atoms with Gasteiger partial charge in [0.25, 0.3) is 0 Å². The second-order valence-electron chi connectivity index (χ2n) is 14.0. The van der Waals surface area contributed by atoms with E-state index in [1.54, 1.807) is 17.1 Å². The number of amides is 3.